The van der Waals surface area contributed by atoms with Crippen LogP contribution in [0.3, 0.4) is 0 Å². The first-order valence-corrected chi connectivity index (χ1v) is 6.58. The molecule has 0 saturated carbocycles. The van der Waals surface area contributed by atoms with Gasteiger partial charge in [0.2, 0.25) is 0 Å². The van der Waals surface area contributed by atoms with Crippen molar-refractivity contribution >= 4 is 11.5 Å². The maximum atomic E-state index is 4.26. The predicted octanol–water partition coefficient (Wildman–Crippen LogP) is 3.75. The molecular formula is C14H25N3. The first kappa shape index (κ1) is 13.8. The maximum absolute atomic E-state index is 4.26. The van der Waals surface area contributed by atoms with Crippen LogP contribution in [0.2, 0.25) is 0 Å². The van der Waals surface area contributed by atoms with Crippen molar-refractivity contribution in [2.24, 2.45) is 5.92 Å². The van der Waals surface area contributed by atoms with Gasteiger partial charge in [0.1, 0.15) is 5.82 Å². The molecule has 17 heavy (non-hydrogen) atoms. The molecule has 0 amide bonds. The van der Waals surface area contributed by atoms with Gasteiger partial charge in [0, 0.05) is 30.5 Å². The van der Waals surface area contributed by atoms with Gasteiger partial charge in [-0.15, -0.1) is 0 Å². The van der Waals surface area contributed by atoms with Gasteiger partial charge in [0.25, 0.3) is 0 Å². The topological polar surface area (TPSA) is 37.0 Å². The van der Waals surface area contributed by atoms with E-state index in [1.54, 1.807) is 0 Å². The smallest absolute Gasteiger partial charge is 0.127 e. The number of rotatable bonds is 7. The van der Waals surface area contributed by atoms with Crippen LogP contribution in [0.1, 0.15) is 40.5 Å². The van der Waals surface area contributed by atoms with Crippen LogP contribution < -0.4 is 10.6 Å². The average molecular weight is 235 g/mol. The zero-order valence-electron chi connectivity index (χ0n) is 11.5. The summed E-state index contributed by atoms with van der Waals surface area (Å²) in [6.45, 7) is 9.74. The van der Waals surface area contributed by atoms with Crippen molar-refractivity contribution in [1.29, 1.82) is 0 Å². The Bertz CT molecular complexity index is 323. The van der Waals surface area contributed by atoms with Crippen molar-refractivity contribution in [3.63, 3.8) is 0 Å². The number of anilines is 2. The fourth-order valence-corrected chi connectivity index (χ4v) is 1.74. The fraction of sp³-hybridized carbons (Fsp3) is 0.643. The zero-order chi connectivity index (χ0) is 12.7. The van der Waals surface area contributed by atoms with E-state index in [-0.39, 0.29) is 0 Å². The number of hydrogen-bond acceptors (Lipinski definition) is 3. The highest BCUT2D eigenvalue weighted by Crippen LogP contribution is 2.15. The number of hydrogen-bond donors (Lipinski definition) is 2. The third-order valence-electron chi connectivity index (χ3n) is 2.71. The highest BCUT2D eigenvalue weighted by Gasteiger charge is 2.04. The molecule has 1 atom stereocenters. The second-order valence-corrected chi connectivity index (χ2v) is 4.98. The van der Waals surface area contributed by atoms with Gasteiger partial charge < -0.3 is 10.6 Å². The summed E-state index contributed by atoms with van der Waals surface area (Å²) in [5.74, 6) is 1.71. The van der Waals surface area contributed by atoms with Gasteiger partial charge in [-0.05, 0) is 38.7 Å². The summed E-state index contributed by atoms with van der Waals surface area (Å²) >= 11 is 0. The van der Waals surface area contributed by atoms with Crippen molar-refractivity contribution in [3.8, 4) is 0 Å². The molecule has 1 aromatic heterocycles. The van der Waals surface area contributed by atoms with E-state index in [1.165, 1.54) is 12.8 Å². The van der Waals surface area contributed by atoms with E-state index in [2.05, 4.69) is 49.4 Å². The highest BCUT2D eigenvalue weighted by molar-refractivity contribution is 5.52. The lowest BCUT2D eigenvalue weighted by Gasteiger charge is -2.16. The lowest BCUT2D eigenvalue weighted by atomic mass is 10.0. The Morgan fingerprint density at radius 2 is 2.00 bits per heavy atom. The lowest BCUT2D eigenvalue weighted by Crippen LogP contribution is -2.16. The van der Waals surface area contributed by atoms with Crippen molar-refractivity contribution in [3.05, 3.63) is 18.3 Å². The van der Waals surface area contributed by atoms with Crippen molar-refractivity contribution in [2.45, 2.75) is 46.6 Å². The van der Waals surface area contributed by atoms with Crippen LogP contribution in [0.15, 0.2) is 18.3 Å². The van der Waals surface area contributed by atoms with E-state index in [9.17, 15) is 0 Å². The molecule has 1 aromatic rings. The Balaban J connectivity index is 2.46. The summed E-state index contributed by atoms with van der Waals surface area (Å²) in [4.78, 5) is 4.26. The summed E-state index contributed by atoms with van der Waals surface area (Å²) < 4.78 is 0. The number of nitrogens with one attached hydrogen (secondary N) is 2. The molecule has 0 fully saturated rings. The van der Waals surface area contributed by atoms with E-state index in [0.717, 1.165) is 24.0 Å². The normalized spacial score (nSPS) is 12.5. The summed E-state index contributed by atoms with van der Waals surface area (Å²) in [5, 5.41) is 6.74. The zero-order valence-corrected chi connectivity index (χ0v) is 11.5. The molecular weight excluding hydrogens is 210 g/mol. The Labute approximate surface area is 105 Å². The first-order chi connectivity index (χ1) is 8.11. The van der Waals surface area contributed by atoms with E-state index >= 15 is 0 Å². The van der Waals surface area contributed by atoms with E-state index in [4.69, 9.17) is 0 Å². The molecule has 96 valence electrons. The third-order valence-corrected chi connectivity index (χ3v) is 2.71. The number of pyridine rings is 1. The molecule has 2 N–H and O–H groups in total. The van der Waals surface area contributed by atoms with Gasteiger partial charge in [-0.2, -0.15) is 0 Å². The Morgan fingerprint density at radius 3 is 2.65 bits per heavy atom. The van der Waals surface area contributed by atoms with Gasteiger partial charge >= 0.3 is 0 Å². The molecule has 0 spiro atoms. The van der Waals surface area contributed by atoms with Crippen LogP contribution in [0.25, 0.3) is 0 Å². The van der Waals surface area contributed by atoms with Gasteiger partial charge in [0.05, 0.1) is 0 Å². The molecule has 0 aromatic carbocycles. The Morgan fingerprint density at radius 1 is 1.24 bits per heavy atom. The molecule has 3 heteroatoms. The SMILES string of the molecule is CCNc1cc(NC(C)CCC(C)C)ccn1. The van der Waals surface area contributed by atoms with Crippen LogP contribution in [-0.4, -0.2) is 17.6 Å². The number of nitrogens with zero attached hydrogens (tertiary/aromatic N) is 1. The van der Waals surface area contributed by atoms with E-state index in [0.29, 0.717) is 6.04 Å². The first-order valence-electron chi connectivity index (χ1n) is 6.58. The van der Waals surface area contributed by atoms with Crippen molar-refractivity contribution < 1.29 is 0 Å². The van der Waals surface area contributed by atoms with E-state index < -0.39 is 0 Å². The minimum Gasteiger partial charge on any atom is -0.382 e. The quantitative estimate of drug-likeness (QED) is 0.755. The van der Waals surface area contributed by atoms with Crippen LogP contribution in [0, 0.1) is 5.92 Å². The molecule has 0 aliphatic rings. The largest absolute Gasteiger partial charge is 0.382 e. The standard InChI is InChI=1S/C14H25N3/c1-5-15-14-10-13(8-9-16-14)17-12(4)7-6-11(2)3/h8-12H,5-7H2,1-4H3,(H2,15,16,17). The molecule has 0 radical (unpaired) electrons. The lowest BCUT2D eigenvalue weighted by molar-refractivity contribution is 0.528. The minimum atomic E-state index is 0.509. The summed E-state index contributed by atoms with van der Waals surface area (Å²) in [5.41, 5.74) is 1.15. The van der Waals surface area contributed by atoms with Gasteiger partial charge in [0.15, 0.2) is 0 Å². The van der Waals surface area contributed by atoms with Crippen LogP contribution in [0.5, 0.6) is 0 Å². The summed E-state index contributed by atoms with van der Waals surface area (Å²) in [7, 11) is 0. The molecule has 0 saturated heterocycles. The van der Waals surface area contributed by atoms with Crippen LogP contribution >= 0.6 is 0 Å². The molecule has 1 rings (SSSR count). The third kappa shape index (κ3) is 5.57. The predicted molar refractivity (Wildman–Crippen MR) is 75.6 cm³/mol. The second-order valence-electron chi connectivity index (χ2n) is 4.98. The molecule has 0 bridgehead atoms. The average Bonchev–Trinajstić information content (AvgIpc) is 2.27. The van der Waals surface area contributed by atoms with Gasteiger partial charge in [-0.1, -0.05) is 13.8 Å². The van der Waals surface area contributed by atoms with Gasteiger partial charge in [-0.25, -0.2) is 4.98 Å². The Kier molecular flexibility index (Phi) is 5.81. The monoisotopic (exact) mass is 235 g/mol. The van der Waals surface area contributed by atoms with Crippen LogP contribution in [-0.2, 0) is 0 Å². The Hall–Kier alpha value is -1.25. The fourth-order valence-electron chi connectivity index (χ4n) is 1.74. The molecule has 1 unspecified atom stereocenters. The van der Waals surface area contributed by atoms with E-state index in [1.807, 2.05) is 12.3 Å². The van der Waals surface area contributed by atoms with Crippen molar-refractivity contribution in [2.75, 3.05) is 17.2 Å². The highest BCUT2D eigenvalue weighted by atomic mass is 15.0. The molecule has 3 nitrogen and oxygen atoms in total. The van der Waals surface area contributed by atoms with Gasteiger partial charge in [-0.3, -0.25) is 0 Å². The number of aromatic nitrogens is 1. The summed E-state index contributed by atoms with van der Waals surface area (Å²) in [6.07, 6.45) is 4.31. The van der Waals surface area contributed by atoms with Crippen LogP contribution in [0.4, 0.5) is 11.5 Å². The molecule has 1 heterocycles. The summed E-state index contributed by atoms with van der Waals surface area (Å²) in [6, 6.07) is 4.59. The molecule has 0 aliphatic heterocycles. The molecule has 0 aliphatic carbocycles. The second kappa shape index (κ2) is 7.15. The van der Waals surface area contributed by atoms with Crippen molar-refractivity contribution in [1.82, 2.24) is 4.98 Å². The minimum absolute atomic E-state index is 0.509. The maximum Gasteiger partial charge on any atom is 0.127 e.